The van der Waals surface area contributed by atoms with Gasteiger partial charge in [-0.05, 0) is 43.3 Å². The normalized spacial score (nSPS) is 12.6. The summed E-state index contributed by atoms with van der Waals surface area (Å²) in [5.74, 6) is -0.669. The molecular weight excluding hydrogens is 407 g/mol. The van der Waals surface area contributed by atoms with Crippen molar-refractivity contribution in [3.63, 3.8) is 0 Å². The molecule has 0 aliphatic carbocycles. The summed E-state index contributed by atoms with van der Waals surface area (Å²) in [7, 11) is -1.26. The minimum absolute atomic E-state index is 0.0280. The molecule has 152 valence electrons. The van der Waals surface area contributed by atoms with Crippen LogP contribution in [0.25, 0.3) is 22.8 Å². The third kappa shape index (κ3) is 4.56. The van der Waals surface area contributed by atoms with E-state index in [-0.39, 0.29) is 29.5 Å². The van der Waals surface area contributed by atoms with Gasteiger partial charge in [0.2, 0.25) is 5.89 Å². The van der Waals surface area contributed by atoms with Gasteiger partial charge in [0.1, 0.15) is 0 Å². The van der Waals surface area contributed by atoms with Gasteiger partial charge >= 0.3 is 12.1 Å². The predicted molar refractivity (Wildman–Crippen MR) is 101 cm³/mol. The van der Waals surface area contributed by atoms with Crippen LogP contribution in [0.5, 0.6) is 0 Å². The second kappa shape index (κ2) is 8.20. The highest BCUT2D eigenvalue weighted by Gasteiger charge is 2.30. The van der Waals surface area contributed by atoms with Crippen molar-refractivity contribution in [3.05, 3.63) is 59.8 Å². The first kappa shape index (κ1) is 20.8. The Morgan fingerprint density at radius 2 is 1.83 bits per heavy atom. The van der Waals surface area contributed by atoms with E-state index < -0.39 is 28.5 Å². The van der Waals surface area contributed by atoms with Gasteiger partial charge in [-0.3, -0.25) is 4.21 Å². The molecule has 5 nitrogen and oxygen atoms in total. The molecule has 0 saturated carbocycles. The molecule has 0 fully saturated rings. The number of alkyl halides is 3. The summed E-state index contributed by atoms with van der Waals surface area (Å²) in [6.45, 7) is 1.75. The van der Waals surface area contributed by atoms with E-state index in [1.165, 1.54) is 18.4 Å². The van der Waals surface area contributed by atoms with Gasteiger partial charge in [-0.15, -0.1) is 0 Å². The Bertz CT molecular complexity index is 1060. The van der Waals surface area contributed by atoms with Crippen molar-refractivity contribution < 1.29 is 31.3 Å². The fourth-order valence-corrected chi connectivity index (χ4v) is 3.16. The number of hydrogen-bond donors (Lipinski definition) is 0. The maximum absolute atomic E-state index is 12.8. The zero-order valence-electron chi connectivity index (χ0n) is 15.4. The molecule has 0 aliphatic rings. The molecule has 29 heavy (non-hydrogen) atoms. The molecule has 3 aromatic rings. The lowest BCUT2D eigenvalue weighted by Gasteiger charge is -2.06. The second-order valence-electron chi connectivity index (χ2n) is 5.97. The number of carbonyl (C=O) groups is 1. The Balaban J connectivity index is 2.09. The van der Waals surface area contributed by atoms with Crippen LogP contribution in [0.4, 0.5) is 13.2 Å². The van der Waals surface area contributed by atoms with E-state index in [9.17, 15) is 22.2 Å². The topological polar surface area (TPSA) is 69.4 Å². The van der Waals surface area contributed by atoms with Crippen LogP contribution in [0.15, 0.2) is 57.8 Å². The number of ether oxygens (including phenoxy) is 1. The van der Waals surface area contributed by atoms with Crippen molar-refractivity contribution in [3.8, 4) is 22.8 Å². The van der Waals surface area contributed by atoms with E-state index in [1.54, 1.807) is 31.2 Å². The van der Waals surface area contributed by atoms with Crippen molar-refractivity contribution in [1.82, 2.24) is 4.98 Å². The number of carbonyl (C=O) groups excluding carboxylic acids is 1. The van der Waals surface area contributed by atoms with Crippen LogP contribution in [-0.4, -0.2) is 28.0 Å². The molecule has 0 saturated heterocycles. The monoisotopic (exact) mass is 423 g/mol. The molecule has 9 heteroatoms. The zero-order valence-corrected chi connectivity index (χ0v) is 16.3. The molecule has 1 atom stereocenters. The summed E-state index contributed by atoms with van der Waals surface area (Å²) in [5.41, 5.74) is -0.200. The highest BCUT2D eigenvalue weighted by atomic mass is 32.2. The minimum Gasteiger partial charge on any atom is -0.461 e. The highest BCUT2D eigenvalue weighted by molar-refractivity contribution is 7.84. The molecule has 1 unspecified atom stereocenters. The maximum atomic E-state index is 12.8. The first-order valence-electron chi connectivity index (χ1n) is 8.50. The van der Waals surface area contributed by atoms with Crippen molar-refractivity contribution in [2.24, 2.45) is 0 Å². The first-order chi connectivity index (χ1) is 13.7. The van der Waals surface area contributed by atoms with Crippen molar-refractivity contribution in [1.29, 1.82) is 0 Å². The fourth-order valence-electron chi connectivity index (χ4n) is 2.59. The van der Waals surface area contributed by atoms with Crippen LogP contribution in [0.2, 0.25) is 0 Å². The van der Waals surface area contributed by atoms with Crippen molar-refractivity contribution in [2.75, 3.05) is 12.9 Å². The third-order valence-electron chi connectivity index (χ3n) is 3.98. The van der Waals surface area contributed by atoms with Gasteiger partial charge in [-0.2, -0.15) is 13.2 Å². The van der Waals surface area contributed by atoms with E-state index in [0.717, 1.165) is 12.1 Å². The Morgan fingerprint density at radius 1 is 1.14 bits per heavy atom. The molecule has 0 radical (unpaired) electrons. The standard InChI is InChI=1S/C20H16F3NO4S/c1-3-27-19(25)16-17(13-5-4-6-15(11-13)29(2)26)28-18(24-16)12-7-9-14(10-8-12)20(21,22)23/h4-11H,3H2,1-2H3. The second-order valence-corrected chi connectivity index (χ2v) is 7.35. The Labute approximate surface area is 167 Å². The molecule has 0 bridgehead atoms. The molecule has 0 N–H and O–H groups in total. The van der Waals surface area contributed by atoms with Gasteiger partial charge in [-0.1, -0.05) is 12.1 Å². The summed E-state index contributed by atoms with van der Waals surface area (Å²) in [4.78, 5) is 17.0. The van der Waals surface area contributed by atoms with E-state index in [0.29, 0.717) is 10.5 Å². The van der Waals surface area contributed by atoms with Gasteiger partial charge in [-0.25, -0.2) is 9.78 Å². The van der Waals surface area contributed by atoms with Crippen molar-refractivity contribution in [2.45, 2.75) is 18.0 Å². The van der Waals surface area contributed by atoms with Crippen LogP contribution in [0.1, 0.15) is 23.0 Å². The quantitative estimate of drug-likeness (QED) is 0.544. The number of nitrogens with zero attached hydrogens (tertiary/aromatic N) is 1. The van der Waals surface area contributed by atoms with Gasteiger partial charge in [0.25, 0.3) is 0 Å². The van der Waals surface area contributed by atoms with Crippen molar-refractivity contribution >= 4 is 16.8 Å². The smallest absolute Gasteiger partial charge is 0.416 e. The number of rotatable bonds is 5. The van der Waals surface area contributed by atoms with E-state index in [4.69, 9.17) is 9.15 Å². The SMILES string of the molecule is CCOC(=O)c1nc(-c2ccc(C(F)(F)F)cc2)oc1-c1cccc(S(C)=O)c1. The van der Waals surface area contributed by atoms with Crippen LogP contribution < -0.4 is 0 Å². The zero-order chi connectivity index (χ0) is 21.2. The summed E-state index contributed by atoms with van der Waals surface area (Å²) in [6.07, 6.45) is -2.95. The number of oxazole rings is 1. The molecular formula is C20H16F3NO4S. The van der Waals surface area contributed by atoms with Crippen LogP contribution in [-0.2, 0) is 21.7 Å². The van der Waals surface area contributed by atoms with Crippen LogP contribution in [0, 0.1) is 0 Å². The number of aromatic nitrogens is 1. The summed E-state index contributed by atoms with van der Waals surface area (Å²) >= 11 is 0. The third-order valence-corrected chi connectivity index (χ3v) is 4.90. The molecule has 0 spiro atoms. The highest BCUT2D eigenvalue weighted by Crippen LogP contribution is 2.34. The molecule has 2 aromatic carbocycles. The molecule has 1 aromatic heterocycles. The van der Waals surface area contributed by atoms with Gasteiger partial charge in [0.05, 0.1) is 12.2 Å². The van der Waals surface area contributed by atoms with Gasteiger partial charge in [0.15, 0.2) is 11.5 Å². The molecule has 3 rings (SSSR count). The minimum atomic E-state index is -4.47. The van der Waals surface area contributed by atoms with E-state index >= 15 is 0 Å². The summed E-state index contributed by atoms with van der Waals surface area (Å²) < 4.78 is 60.8. The molecule has 1 heterocycles. The van der Waals surface area contributed by atoms with Gasteiger partial charge in [0, 0.05) is 33.1 Å². The average Bonchev–Trinajstić information content (AvgIpc) is 3.13. The molecule has 0 aliphatic heterocycles. The Hall–Kier alpha value is -2.94. The van der Waals surface area contributed by atoms with Crippen LogP contribution >= 0.6 is 0 Å². The summed E-state index contributed by atoms with van der Waals surface area (Å²) in [5, 5.41) is 0. The Kier molecular flexibility index (Phi) is 5.88. The number of hydrogen-bond acceptors (Lipinski definition) is 5. The van der Waals surface area contributed by atoms with Crippen LogP contribution in [0.3, 0.4) is 0 Å². The maximum Gasteiger partial charge on any atom is 0.416 e. The lowest BCUT2D eigenvalue weighted by Crippen LogP contribution is -2.06. The fraction of sp³-hybridized carbons (Fsp3) is 0.200. The van der Waals surface area contributed by atoms with E-state index in [1.807, 2.05) is 0 Å². The van der Waals surface area contributed by atoms with Gasteiger partial charge < -0.3 is 9.15 Å². The predicted octanol–water partition coefficient (Wildman–Crippen LogP) is 4.94. The number of esters is 1. The Morgan fingerprint density at radius 3 is 2.41 bits per heavy atom. The summed E-state index contributed by atoms with van der Waals surface area (Å²) in [6, 6.07) is 10.8. The average molecular weight is 423 g/mol. The first-order valence-corrected chi connectivity index (χ1v) is 10.1. The largest absolute Gasteiger partial charge is 0.461 e. The molecule has 0 amide bonds. The number of benzene rings is 2. The lowest BCUT2D eigenvalue weighted by molar-refractivity contribution is -0.137. The lowest BCUT2D eigenvalue weighted by atomic mass is 10.1. The van der Waals surface area contributed by atoms with E-state index in [2.05, 4.69) is 4.98 Å². The number of halogens is 3.